The molecular formula is C14H17F3N2O4S. The molecule has 1 aromatic carbocycles. The minimum atomic E-state index is -4.55. The number of aliphatic hydroxyl groups excluding tert-OH is 1. The van der Waals surface area contributed by atoms with E-state index in [-0.39, 0.29) is 23.5 Å². The summed E-state index contributed by atoms with van der Waals surface area (Å²) >= 11 is 0. The van der Waals surface area contributed by atoms with Gasteiger partial charge in [0.05, 0.1) is 11.0 Å². The predicted octanol–water partition coefficient (Wildman–Crippen LogP) is 1.12. The van der Waals surface area contributed by atoms with E-state index in [4.69, 9.17) is 0 Å². The van der Waals surface area contributed by atoms with Gasteiger partial charge >= 0.3 is 6.18 Å². The predicted molar refractivity (Wildman–Crippen MR) is 78.8 cm³/mol. The highest BCUT2D eigenvalue weighted by atomic mass is 32.2. The quantitative estimate of drug-likeness (QED) is 0.836. The van der Waals surface area contributed by atoms with E-state index in [0.717, 1.165) is 10.4 Å². The van der Waals surface area contributed by atoms with E-state index in [1.165, 1.54) is 18.2 Å². The van der Waals surface area contributed by atoms with E-state index >= 15 is 0 Å². The van der Waals surface area contributed by atoms with E-state index in [1.807, 2.05) is 0 Å². The number of amides is 1. The SMILES string of the molecule is O=C(NCC(F)(F)F)c1cccc(S(=O)(=O)N2CCC[C@@H](O)C2)c1. The lowest BCUT2D eigenvalue weighted by Crippen LogP contribution is -2.42. The van der Waals surface area contributed by atoms with Gasteiger partial charge in [0.15, 0.2) is 0 Å². The van der Waals surface area contributed by atoms with Gasteiger partial charge in [0.2, 0.25) is 10.0 Å². The van der Waals surface area contributed by atoms with Crippen LogP contribution in [0.2, 0.25) is 0 Å². The van der Waals surface area contributed by atoms with Gasteiger partial charge in [0.25, 0.3) is 5.91 Å². The van der Waals surface area contributed by atoms with Crippen LogP contribution in [0, 0.1) is 0 Å². The fourth-order valence-corrected chi connectivity index (χ4v) is 3.93. The molecule has 1 fully saturated rings. The van der Waals surface area contributed by atoms with Gasteiger partial charge < -0.3 is 10.4 Å². The van der Waals surface area contributed by atoms with Crippen molar-refractivity contribution >= 4 is 15.9 Å². The number of carbonyl (C=O) groups excluding carboxylic acids is 1. The third-order valence-electron chi connectivity index (χ3n) is 3.54. The first-order valence-electron chi connectivity index (χ1n) is 7.23. The molecule has 1 aromatic rings. The van der Waals surface area contributed by atoms with Crippen LogP contribution in [-0.4, -0.2) is 55.7 Å². The van der Waals surface area contributed by atoms with Crippen molar-refractivity contribution in [2.45, 2.75) is 30.0 Å². The minimum Gasteiger partial charge on any atom is -0.392 e. The van der Waals surface area contributed by atoms with Crippen LogP contribution in [0.3, 0.4) is 0 Å². The Labute approximate surface area is 137 Å². The van der Waals surface area contributed by atoms with E-state index in [9.17, 15) is 31.5 Å². The average molecular weight is 366 g/mol. The standard InChI is InChI=1S/C14H17F3N2O4S/c15-14(16,17)9-18-13(21)10-3-1-5-12(7-10)24(22,23)19-6-2-4-11(20)8-19/h1,3,5,7,11,20H,2,4,6,8-9H2,(H,18,21)/t11-/m1/s1. The highest BCUT2D eigenvalue weighted by molar-refractivity contribution is 7.89. The number of β-amino-alcohol motifs (C(OH)–C–C–N with tert-alkyl or cyclic N) is 1. The number of aliphatic hydroxyl groups is 1. The Bertz CT molecular complexity index is 706. The minimum absolute atomic E-state index is 0.0488. The number of piperidine rings is 1. The molecule has 1 aliphatic rings. The molecule has 2 rings (SSSR count). The normalized spacial score (nSPS) is 19.9. The molecule has 24 heavy (non-hydrogen) atoms. The number of benzene rings is 1. The maximum Gasteiger partial charge on any atom is 0.405 e. The Kier molecular flexibility index (Phi) is 5.51. The van der Waals surface area contributed by atoms with Crippen LogP contribution >= 0.6 is 0 Å². The number of hydrogen-bond donors (Lipinski definition) is 2. The average Bonchev–Trinajstić information content (AvgIpc) is 2.52. The molecular weight excluding hydrogens is 349 g/mol. The van der Waals surface area contributed by atoms with E-state index in [2.05, 4.69) is 0 Å². The fourth-order valence-electron chi connectivity index (χ4n) is 2.37. The first-order chi connectivity index (χ1) is 11.1. The van der Waals surface area contributed by atoms with Gasteiger partial charge in [-0.2, -0.15) is 17.5 Å². The van der Waals surface area contributed by atoms with Gasteiger partial charge in [-0.25, -0.2) is 8.42 Å². The van der Waals surface area contributed by atoms with Gasteiger partial charge in [0.1, 0.15) is 6.54 Å². The summed E-state index contributed by atoms with van der Waals surface area (Å²) in [6.07, 6.45) is -4.30. The Hall–Kier alpha value is -1.65. The Morgan fingerprint density at radius 1 is 1.38 bits per heavy atom. The van der Waals surface area contributed by atoms with Gasteiger partial charge in [-0.1, -0.05) is 6.07 Å². The molecule has 1 heterocycles. The topological polar surface area (TPSA) is 86.7 Å². The lowest BCUT2D eigenvalue weighted by atomic mass is 10.1. The first kappa shape index (κ1) is 18.7. The molecule has 1 saturated heterocycles. The van der Waals surface area contributed by atoms with E-state index in [1.54, 1.807) is 5.32 Å². The molecule has 0 saturated carbocycles. The summed E-state index contributed by atoms with van der Waals surface area (Å²) in [5, 5.41) is 11.3. The largest absolute Gasteiger partial charge is 0.405 e. The summed E-state index contributed by atoms with van der Waals surface area (Å²) in [5.41, 5.74) is -0.183. The molecule has 10 heteroatoms. The third-order valence-corrected chi connectivity index (χ3v) is 5.40. The smallest absolute Gasteiger partial charge is 0.392 e. The summed E-state index contributed by atoms with van der Waals surface area (Å²) in [6.45, 7) is -1.31. The van der Waals surface area contributed by atoms with E-state index in [0.29, 0.717) is 12.8 Å². The summed E-state index contributed by atoms with van der Waals surface area (Å²) < 4.78 is 62.6. The molecule has 134 valence electrons. The Morgan fingerprint density at radius 2 is 2.08 bits per heavy atom. The van der Waals surface area contributed by atoms with Crippen molar-refractivity contribution in [1.29, 1.82) is 0 Å². The number of rotatable bonds is 4. The van der Waals surface area contributed by atoms with Crippen LogP contribution in [0.5, 0.6) is 0 Å². The molecule has 6 nitrogen and oxygen atoms in total. The molecule has 0 spiro atoms. The van der Waals surface area contributed by atoms with Crippen molar-refractivity contribution in [3.63, 3.8) is 0 Å². The number of halogens is 3. The summed E-state index contributed by atoms with van der Waals surface area (Å²) in [5.74, 6) is -1.01. The van der Waals surface area contributed by atoms with Crippen LogP contribution < -0.4 is 5.32 Å². The maximum absolute atomic E-state index is 12.5. The molecule has 1 amide bonds. The number of nitrogens with one attached hydrogen (secondary N) is 1. The first-order valence-corrected chi connectivity index (χ1v) is 8.67. The van der Waals surface area contributed by atoms with Crippen LogP contribution in [-0.2, 0) is 10.0 Å². The molecule has 2 N–H and O–H groups in total. The van der Waals surface area contributed by atoms with Crippen molar-refractivity contribution in [2.75, 3.05) is 19.6 Å². The number of nitrogens with zero attached hydrogens (tertiary/aromatic N) is 1. The number of alkyl halides is 3. The van der Waals surface area contributed by atoms with Crippen molar-refractivity contribution in [1.82, 2.24) is 9.62 Å². The van der Waals surface area contributed by atoms with Crippen molar-refractivity contribution in [3.05, 3.63) is 29.8 Å². The highest BCUT2D eigenvalue weighted by Crippen LogP contribution is 2.22. The van der Waals surface area contributed by atoms with Gasteiger partial charge in [-0.3, -0.25) is 4.79 Å². The van der Waals surface area contributed by atoms with Crippen molar-refractivity contribution in [2.24, 2.45) is 0 Å². The molecule has 0 bridgehead atoms. The fraction of sp³-hybridized carbons (Fsp3) is 0.500. The monoisotopic (exact) mass is 366 g/mol. The Balaban J connectivity index is 2.18. The molecule has 0 radical (unpaired) electrons. The lowest BCUT2D eigenvalue weighted by Gasteiger charge is -2.29. The van der Waals surface area contributed by atoms with Gasteiger partial charge in [-0.05, 0) is 31.0 Å². The zero-order chi connectivity index (χ0) is 18.0. The van der Waals surface area contributed by atoms with Crippen molar-refractivity contribution in [3.8, 4) is 0 Å². The number of sulfonamides is 1. The van der Waals surface area contributed by atoms with Crippen LogP contribution in [0.25, 0.3) is 0 Å². The van der Waals surface area contributed by atoms with Crippen LogP contribution in [0.15, 0.2) is 29.2 Å². The van der Waals surface area contributed by atoms with Crippen LogP contribution in [0.4, 0.5) is 13.2 Å². The third kappa shape index (κ3) is 4.68. The second-order valence-electron chi connectivity index (χ2n) is 5.48. The maximum atomic E-state index is 12.5. The zero-order valence-electron chi connectivity index (χ0n) is 12.6. The molecule has 0 aromatic heterocycles. The van der Waals surface area contributed by atoms with Crippen LogP contribution in [0.1, 0.15) is 23.2 Å². The molecule has 1 atom stereocenters. The summed E-state index contributed by atoms with van der Waals surface area (Å²) in [4.78, 5) is 11.5. The zero-order valence-corrected chi connectivity index (χ0v) is 13.4. The number of hydrogen-bond acceptors (Lipinski definition) is 4. The van der Waals surface area contributed by atoms with Crippen molar-refractivity contribution < 1.29 is 31.5 Å². The molecule has 0 unspecified atom stereocenters. The lowest BCUT2D eigenvalue weighted by molar-refractivity contribution is -0.123. The summed E-state index contributed by atoms with van der Waals surface area (Å²) in [7, 11) is -3.92. The second kappa shape index (κ2) is 7.08. The van der Waals surface area contributed by atoms with E-state index < -0.39 is 34.8 Å². The highest BCUT2D eigenvalue weighted by Gasteiger charge is 2.31. The summed E-state index contributed by atoms with van der Waals surface area (Å²) in [6, 6.07) is 4.81. The molecule has 1 aliphatic heterocycles. The Morgan fingerprint density at radius 3 is 2.71 bits per heavy atom. The second-order valence-corrected chi connectivity index (χ2v) is 7.42. The van der Waals surface area contributed by atoms with Gasteiger partial charge in [0, 0.05) is 18.7 Å². The number of carbonyl (C=O) groups is 1. The van der Waals surface area contributed by atoms with Gasteiger partial charge in [-0.15, -0.1) is 0 Å². The molecule has 0 aliphatic carbocycles.